The van der Waals surface area contributed by atoms with Gasteiger partial charge in [-0.1, -0.05) is 114 Å². The Morgan fingerprint density at radius 1 is 0.617 bits per heavy atom. The van der Waals surface area contributed by atoms with E-state index in [0.717, 1.165) is 37.7 Å². The molecule has 3 heterocycles. The van der Waals surface area contributed by atoms with Crippen molar-refractivity contribution in [3.8, 4) is 0 Å². The van der Waals surface area contributed by atoms with Crippen molar-refractivity contribution in [2.75, 3.05) is 0 Å². The zero-order valence-electron chi connectivity index (χ0n) is 33.1. The van der Waals surface area contributed by atoms with Gasteiger partial charge in [-0.25, -0.2) is 0 Å². The van der Waals surface area contributed by atoms with Crippen LogP contribution in [-0.2, 0) is 12.8 Å². The van der Waals surface area contributed by atoms with Crippen LogP contribution in [0.3, 0.4) is 0 Å². The fourth-order valence-corrected chi connectivity index (χ4v) is 8.56. The van der Waals surface area contributed by atoms with E-state index in [1.165, 1.54) is 41.3 Å². The number of pyridine rings is 3. The summed E-state index contributed by atoms with van der Waals surface area (Å²) in [6.45, 7) is 3.41. The topological polar surface area (TPSA) is 190 Å². The van der Waals surface area contributed by atoms with Crippen LogP contribution in [0.15, 0.2) is 116 Å². The van der Waals surface area contributed by atoms with Gasteiger partial charge in [0.25, 0.3) is 11.8 Å². The first-order chi connectivity index (χ1) is 28.7. The summed E-state index contributed by atoms with van der Waals surface area (Å²) in [6, 6.07) is 30.6. The van der Waals surface area contributed by atoms with E-state index < -0.39 is 11.8 Å². The quantitative estimate of drug-likeness (QED) is 0.101. The number of halogens is 3. The number of carbonyl (C=O) groups excluding carboxylic acids is 3. The number of Topliss-reactive ketones (excluding diaryl/α,β-unsaturated/α-hetero) is 1. The number of benzene rings is 3. The summed E-state index contributed by atoms with van der Waals surface area (Å²) < 4.78 is 5.23. The highest BCUT2D eigenvalue weighted by Gasteiger charge is 2.25. The zero-order valence-corrected chi connectivity index (χ0v) is 35.4. The first-order valence-corrected chi connectivity index (χ1v) is 20.5. The highest BCUT2D eigenvalue weighted by atomic mass is 35.5. The molecule has 0 fully saturated rings. The lowest BCUT2D eigenvalue weighted by Crippen LogP contribution is -2.31. The number of aryl methyl sites for hydroxylation is 2. The molecule has 0 spiro atoms. The van der Waals surface area contributed by atoms with Gasteiger partial charge in [-0.3, -0.25) is 30.6 Å². The third-order valence-corrected chi connectivity index (χ3v) is 11.5. The highest BCUT2D eigenvalue weighted by molar-refractivity contribution is 6.31. The molecule has 14 heteroatoms. The maximum atomic E-state index is 11.7. The Morgan fingerprint density at radius 2 is 1.07 bits per heavy atom. The van der Waals surface area contributed by atoms with E-state index in [4.69, 9.17) is 62.5 Å². The molecular formula is C46H45Cl3N8O3. The Morgan fingerprint density at radius 3 is 1.62 bits per heavy atom. The van der Waals surface area contributed by atoms with Crippen molar-refractivity contribution in [3.63, 3.8) is 0 Å². The first kappa shape index (κ1) is 43.6. The largest absolute Gasteiger partial charge is 0.365 e. The fourth-order valence-electron chi connectivity index (χ4n) is 7.91. The molecule has 0 radical (unpaired) electrons. The lowest BCUT2D eigenvalue weighted by molar-refractivity contribution is 0.0989. The summed E-state index contributed by atoms with van der Waals surface area (Å²) in [5.74, 6) is -1.40. The number of nitrogens with two attached hydrogens (primary N) is 2. The Balaban J connectivity index is 0.000000151. The number of fused-ring (bicyclic) bond motifs is 2. The van der Waals surface area contributed by atoms with Crippen molar-refractivity contribution >= 4 is 52.4 Å². The standard InChI is InChI=1S/C17H17ClN2O.C15H14ClN3O.C14H14ClN3O/c1-11(21)15-9-13(18)10-20(17(15)19)16-8-4-6-12-5-2-3-7-14(12)16;16-10-7-12(15(18)20)14(17)19(8-10)13-6-5-9-3-1-2-4-11(9)13;1-9(10-5-3-2-4-6-10)18-8-11(15)7-12(13(18)16)14(17)19/h2-3,5,7,9-10,16,19H,4,6,8H2,1H3;1-4,7-8,13,17H,5-6H2,(H2,18,20);2-9,16H,1H3,(H2,17,19). The van der Waals surface area contributed by atoms with Crippen molar-refractivity contribution in [2.45, 2.75) is 64.1 Å². The summed E-state index contributed by atoms with van der Waals surface area (Å²) in [6.07, 6.45) is 10.1. The van der Waals surface area contributed by atoms with Crippen LogP contribution < -0.4 is 27.9 Å². The third kappa shape index (κ3) is 9.55. The molecule has 3 unspecified atom stereocenters. The minimum absolute atomic E-state index is 0.0375. The number of nitrogens with one attached hydrogen (secondary N) is 3. The van der Waals surface area contributed by atoms with Gasteiger partial charge < -0.3 is 25.2 Å². The molecule has 3 aromatic heterocycles. The fraction of sp³-hybridized carbons (Fsp3) is 0.217. The third-order valence-electron chi connectivity index (χ3n) is 10.9. The molecule has 2 aliphatic rings. The van der Waals surface area contributed by atoms with Crippen LogP contribution in [0.4, 0.5) is 0 Å². The molecule has 0 aliphatic heterocycles. The Bertz CT molecular complexity index is 2780. The molecule has 6 aromatic rings. The molecule has 7 N–H and O–H groups in total. The van der Waals surface area contributed by atoms with E-state index in [1.807, 2.05) is 66.1 Å². The monoisotopic (exact) mass is 862 g/mol. The van der Waals surface area contributed by atoms with Crippen LogP contribution in [0.1, 0.15) is 110 Å². The van der Waals surface area contributed by atoms with E-state index in [0.29, 0.717) is 20.6 Å². The minimum atomic E-state index is -0.651. The molecule has 11 nitrogen and oxygen atoms in total. The smallest absolute Gasteiger partial charge is 0.252 e. The second-order valence-corrected chi connectivity index (χ2v) is 16.0. The molecule has 3 atom stereocenters. The zero-order chi connectivity index (χ0) is 43.2. The normalized spacial score (nSPS) is 15.6. The summed E-state index contributed by atoms with van der Waals surface area (Å²) >= 11 is 18.2. The number of aromatic nitrogens is 3. The van der Waals surface area contributed by atoms with Gasteiger partial charge in [0.05, 0.1) is 49.9 Å². The van der Waals surface area contributed by atoms with Gasteiger partial charge in [0.15, 0.2) is 5.78 Å². The van der Waals surface area contributed by atoms with Crippen LogP contribution in [0.5, 0.6) is 0 Å². The van der Waals surface area contributed by atoms with Crippen LogP contribution in [0.25, 0.3) is 0 Å². The van der Waals surface area contributed by atoms with Crippen molar-refractivity contribution < 1.29 is 14.4 Å². The van der Waals surface area contributed by atoms with Crippen molar-refractivity contribution in [3.05, 3.63) is 192 Å². The van der Waals surface area contributed by atoms with Gasteiger partial charge in [-0.2, -0.15) is 0 Å². The number of hydrogen-bond acceptors (Lipinski definition) is 6. The van der Waals surface area contributed by atoms with Crippen LogP contribution in [0, 0.1) is 16.2 Å². The van der Waals surface area contributed by atoms with Crippen LogP contribution >= 0.6 is 34.8 Å². The van der Waals surface area contributed by atoms with Crippen molar-refractivity contribution in [1.29, 1.82) is 16.2 Å². The molecule has 8 rings (SSSR count). The number of carbonyl (C=O) groups is 3. The number of ketones is 1. The molecule has 60 heavy (non-hydrogen) atoms. The van der Waals surface area contributed by atoms with E-state index in [2.05, 4.69) is 24.3 Å². The molecule has 0 saturated carbocycles. The van der Waals surface area contributed by atoms with Gasteiger partial charge in [-0.15, -0.1) is 0 Å². The number of amides is 2. The number of primary amides is 2. The van der Waals surface area contributed by atoms with Gasteiger partial charge >= 0.3 is 0 Å². The van der Waals surface area contributed by atoms with E-state index in [-0.39, 0.29) is 51.5 Å². The summed E-state index contributed by atoms with van der Waals surface area (Å²) in [5, 5.41) is 25.9. The van der Waals surface area contributed by atoms with Crippen molar-refractivity contribution in [1.82, 2.24) is 13.7 Å². The number of rotatable bonds is 7. The predicted octanol–water partition coefficient (Wildman–Crippen LogP) is 8.33. The molecular weight excluding hydrogens is 819 g/mol. The Labute approximate surface area is 362 Å². The highest BCUT2D eigenvalue weighted by Crippen LogP contribution is 2.34. The summed E-state index contributed by atoms with van der Waals surface area (Å²) in [4.78, 5) is 34.4. The minimum Gasteiger partial charge on any atom is -0.365 e. The maximum absolute atomic E-state index is 11.7. The molecule has 2 aliphatic carbocycles. The predicted molar refractivity (Wildman–Crippen MR) is 234 cm³/mol. The van der Waals surface area contributed by atoms with Gasteiger partial charge in [-0.05, 0) is 92.0 Å². The second-order valence-electron chi connectivity index (χ2n) is 14.7. The van der Waals surface area contributed by atoms with Gasteiger partial charge in [0, 0.05) is 18.6 Å². The van der Waals surface area contributed by atoms with E-state index in [9.17, 15) is 14.4 Å². The molecule has 0 saturated heterocycles. The first-order valence-electron chi connectivity index (χ1n) is 19.4. The average molecular weight is 864 g/mol. The number of nitrogens with zero attached hydrogens (tertiary/aromatic N) is 3. The number of hydrogen-bond donors (Lipinski definition) is 5. The lowest BCUT2D eigenvalue weighted by Gasteiger charge is -2.28. The Hall–Kier alpha value is -6.01. The second kappa shape index (κ2) is 18.9. The lowest BCUT2D eigenvalue weighted by atomic mass is 9.87. The van der Waals surface area contributed by atoms with Gasteiger partial charge in [0.1, 0.15) is 16.5 Å². The van der Waals surface area contributed by atoms with Crippen LogP contribution in [-0.4, -0.2) is 31.3 Å². The van der Waals surface area contributed by atoms with E-state index >= 15 is 0 Å². The SMILES string of the molecule is CC(=O)c1cc(Cl)cn(C2CCCc3ccccc32)c1=N.CC(c1ccccc1)n1cc(Cl)cc(C(N)=O)c1=N.N=c1c(C(N)=O)cc(Cl)cn1C1CCc2ccccc21. The summed E-state index contributed by atoms with van der Waals surface area (Å²) in [7, 11) is 0. The van der Waals surface area contributed by atoms with Crippen molar-refractivity contribution in [2.24, 2.45) is 11.5 Å². The van der Waals surface area contributed by atoms with Gasteiger partial charge in [0.2, 0.25) is 0 Å². The molecule has 2 amide bonds. The molecule has 3 aromatic carbocycles. The Kier molecular flexibility index (Phi) is 13.7. The average Bonchev–Trinajstić information content (AvgIpc) is 3.67. The maximum Gasteiger partial charge on any atom is 0.252 e. The summed E-state index contributed by atoms with van der Waals surface area (Å²) in [5.41, 5.74) is 17.7. The molecule has 0 bridgehead atoms. The van der Waals surface area contributed by atoms with Crippen LogP contribution in [0.2, 0.25) is 15.1 Å². The van der Waals surface area contributed by atoms with E-state index in [1.54, 1.807) is 33.8 Å². The molecule has 308 valence electrons.